The summed E-state index contributed by atoms with van der Waals surface area (Å²) in [6, 6.07) is 6.14. The fraction of sp³-hybridized carbons (Fsp3) is 0.417. The Hall–Kier alpha value is -3.26. The predicted molar refractivity (Wildman–Crippen MR) is 125 cm³/mol. The molecule has 8 heteroatoms. The number of aryl methyl sites for hydroxylation is 1. The molecule has 1 aliphatic heterocycles. The molecule has 0 radical (unpaired) electrons. The molecular weight excluding hydrogens is 402 g/mol. The van der Waals surface area contributed by atoms with Crippen LogP contribution in [0.15, 0.2) is 36.8 Å². The molecule has 1 aliphatic carbocycles. The summed E-state index contributed by atoms with van der Waals surface area (Å²) in [5.74, 6) is 1.84. The standard InChI is InChI=1S/C24H27N7O/c1-16-12-21(25-14-19(16)30-8-10-32-11-9-30)28-24-27-13-18-6-7-22-26-15-20(17-4-2-3-5-17)31(22)23(18)29-24/h6-7,12-15,17H,2-5,8-11H2,1H3,(H,25,27,28,29). The molecule has 2 aliphatic rings. The molecule has 0 unspecified atom stereocenters. The van der Waals surface area contributed by atoms with Gasteiger partial charge >= 0.3 is 0 Å². The summed E-state index contributed by atoms with van der Waals surface area (Å²) in [5.41, 5.74) is 5.41. The van der Waals surface area contributed by atoms with Gasteiger partial charge in [-0.15, -0.1) is 0 Å². The van der Waals surface area contributed by atoms with Gasteiger partial charge in [-0.1, -0.05) is 12.8 Å². The van der Waals surface area contributed by atoms with Gasteiger partial charge in [-0.2, -0.15) is 4.98 Å². The van der Waals surface area contributed by atoms with E-state index < -0.39 is 0 Å². The average molecular weight is 430 g/mol. The summed E-state index contributed by atoms with van der Waals surface area (Å²) in [6.45, 7) is 5.42. The molecule has 0 spiro atoms. The number of imidazole rings is 1. The molecule has 4 aromatic heterocycles. The summed E-state index contributed by atoms with van der Waals surface area (Å²) in [4.78, 5) is 21.0. The van der Waals surface area contributed by atoms with Crippen LogP contribution in [0.5, 0.6) is 0 Å². The Bertz CT molecular complexity index is 1270. The van der Waals surface area contributed by atoms with Gasteiger partial charge in [0.15, 0.2) is 5.65 Å². The van der Waals surface area contributed by atoms with Gasteiger partial charge in [0, 0.05) is 42.5 Å². The van der Waals surface area contributed by atoms with Gasteiger partial charge < -0.3 is 15.0 Å². The van der Waals surface area contributed by atoms with E-state index in [9.17, 15) is 0 Å². The predicted octanol–water partition coefficient (Wildman–Crippen LogP) is 4.22. The lowest BCUT2D eigenvalue weighted by molar-refractivity contribution is 0.122. The van der Waals surface area contributed by atoms with Crippen molar-refractivity contribution in [3.05, 3.63) is 48.0 Å². The Morgan fingerprint density at radius 3 is 2.66 bits per heavy atom. The van der Waals surface area contributed by atoms with E-state index in [0.29, 0.717) is 11.9 Å². The Kier molecular flexibility index (Phi) is 4.87. The highest BCUT2D eigenvalue weighted by atomic mass is 16.5. The van der Waals surface area contributed by atoms with Gasteiger partial charge in [0.1, 0.15) is 11.5 Å². The number of nitrogens with zero attached hydrogens (tertiary/aromatic N) is 6. The lowest BCUT2D eigenvalue weighted by Gasteiger charge is -2.29. The second-order valence-corrected chi connectivity index (χ2v) is 8.74. The van der Waals surface area contributed by atoms with E-state index >= 15 is 0 Å². The maximum atomic E-state index is 5.47. The van der Waals surface area contributed by atoms with E-state index in [1.807, 2.05) is 30.7 Å². The van der Waals surface area contributed by atoms with E-state index in [0.717, 1.165) is 54.5 Å². The number of ether oxygens (including phenoxy) is 1. The monoisotopic (exact) mass is 429 g/mol. The van der Waals surface area contributed by atoms with E-state index in [2.05, 4.69) is 42.6 Å². The minimum absolute atomic E-state index is 0.544. The smallest absolute Gasteiger partial charge is 0.230 e. The second kappa shape index (κ2) is 8.02. The van der Waals surface area contributed by atoms with Crippen molar-refractivity contribution in [3.8, 4) is 0 Å². The highest BCUT2D eigenvalue weighted by Crippen LogP contribution is 2.35. The van der Waals surface area contributed by atoms with Crippen LogP contribution >= 0.6 is 0 Å². The molecule has 8 nitrogen and oxygen atoms in total. The van der Waals surface area contributed by atoms with Gasteiger partial charge in [0.05, 0.1) is 25.1 Å². The molecule has 5 heterocycles. The molecule has 0 atom stereocenters. The Balaban J connectivity index is 1.34. The van der Waals surface area contributed by atoms with Crippen molar-refractivity contribution in [2.24, 2.45) is 0 Å². The lowest BCUT2D eigenvalue weighted by atomic mass is 10.1. The molecule has 1 saturated heterocycles. The number of hydrogen-bond donors (Lipinski definition) is 1. The van der Waals surface area contributed by atoms with Crippen LogP contribution in [0.3, 0.4) is 0 Å². The summed E-state index contributed by atoms with van der Waals surface area (Å²) < 4.78 is 7.67. The number of pyridine rings is 2. The van der Waals surface area contributed by atoms with Crippen molar-refractivity contribution in [1.82, 2.24) is 24.3 Å². The molecule has 164 valence electrons. The van der Waals surface area contributed by atoms with Crippen LogP contribution in [0, 0.1) is 6.92 Å². The zero-order valence-corrected chi connectivity index (χ0v) is 18.3. The first-order valence-electron chi connectivity index (χ1n) is 11.5. The summed E-state index contributed by atoms with van der Waals surface area (Å²) in [6.07, 6.45) is 10.8. The molecule has 0 amide bonds. The summed E-state index contributed by atoms with van der Waals surface area (Å²) >= 11 is 0. The van der Waals surface area contributed by atoms with E-state index in [1.54, 1.807) is 0 Å². The number of hydrogen-bond acceptors (Lipinski definition) is 7. The molecule has 1 saturated carbocycles. The van der Waals surface area contributed by atoms with Gasteiger partial charge in [-0.3, -0.25) is 4.40 Å². The van der Waals surface area contributed by atoms with E-state index in [-0.39, 0.29) is 0 Å². The molecule has 0 aromatic carbocycles. The SMILES string of the molecule is Cc1cc(Nc2ncc3ccc4ncc(C5CCCC5)n4c3n2)ncc1N1CCOCC1. The largest absolute Gasteiger partial charge is 0.378 e. The highest BCUT2D eigenvalue weighted by Gasteiger charge is 2.22. The van der Waals surface area contributed by atoms with Crippen molar-refractivity contribution >= 4 is 34.1 Å². The molecular formula is C24H27N7O. The molecule has 0 bridgehead atoms. The Morgan fingerprint density at radius 2 is 1.84 bits per heavy atom. The topological polar surface area (TPSA) is 80.5 Å². The Labute approximate surface area is 186 Å². The maximum Gasteiger partial charge on any atom is 0.230 e. The van der Waals surface area contributed by atoms with Crippen LogP contribution in [-0.2, 0) is 4.74 Å². The van der Waals surface area contributed by atoms with Crippen LogP contribution < -0.4 is 10.2 Å². The van der Waals surface area contributed by atoms with Crippen LogP contribution in [0.2, 0.25) is 0 Å². The number of rotatable bonds is 4. The number of morpholine rings is 1. The van der Waals surface area contributed by atoms with E-state index in [4.69, 9.17) is 9.72 Å². The molecule has 4 aromatic rings. The third-order valence-electron chi connectivity index (χ3n) is 6.68. The second-order valence-electron chi connectivity index (χ2n) is 8.74. The lowest BCUT2D eigenvalue weighted by Crippen LogP contribution is -2.36. The first-order valence-corrected chi connectivity index (χ1v) is 11.5. The fourth-order valence-corrected chi connectivity index (χ4v) is 5.01. The van der Waals surface area contributed by atoms with Crippen molar-refractivity contribution in [2.75, 3.05) is 36.5 Å². The molecule has 32 heavy (non-hydrogen) atoms. The molecule has 6 rings (SSSR count). The first-order chi connectivity index (χ1) is 15.8. The van der Waals surface area contributed by atoms with Gasteiger partial charge in [-0.05, 0) is 43.5 Å². The van der Waals surface area contributed by atoms with Gasteiger partial charge in [0.25, 0.3) is 0 Å². The van der Waals surface area contributed by atoms with Crippen molar-refractivity contribution < 1.29 is 4.74 Å². The quantitative estimate of drug-likeness (QED) is 0.520. The van der Waals surface area contributed by atoms with Crippen molar-refractivity contribution in [2.45, 2.75) is 38.5 Å². The summed E-state index contributed by atoms with van der Waals surface area (Å²) in [5, 5.41) is 4.31. The van der Waals surface area contributed by atoms with Crippen molar-refractivity contribution in [3.63, 3.8) is 0 Å². The average Bonchev–Trinajstić information content (AvgIpc) is 3.50. The number of nitrogens with one attached hydrogen (secondary N) is 1. The zero-order chi connectivity index (χ0) is 21.5. The highest BCUT2D eigenvalue weighted by molar-refractivity contribution is 5.79. The first kappa shape index (κ1) is 19.4. The van der Waals surface area contributed by atoms with Crippen LogP contribution in [0.25, 0.3) is 16.7 Å². The number of fused-ring (bicyclic) bond motifs is 3. The minimum atomic E-state index is 0.544. The maximum absolute atomic E-state index is 5.47. The molecule has 1 N–H and O–H groups in total. The van der Waals surface area contributed by atoms with E-state index in [1.165, 1.54) is 36.9 Å². The molecule has 2 fully saturated rings. The fourth-order valence-electron chi connectivity index (χ4n) is 5.01. The number of anilines is 3. The van der Waals surface area contributed by atoms with Gasteiger partial charge in [0.2, 0.25) is 5.95 Å². The zero-order valence-electron chi connectivity index (χ0n) is 18.3. The van der Waals surface area contributed by atoms with Gasteiger partial charge in [-0.25, -0.2) is 15.0 Å². The van der Waals surface area contributed by atoms with Crippen LogP contribution in [-0.4, -0.2) is 50.6 Å². The minimum Gasteiger partial charge on any atom is -0.378 e. The van der Waals surface area contributed by atoms with Crippen molar-refractivity contribution in [1.29, 1.82) is 0 Å². The third-order valence-corrected chi connectivity index (χ3v) is 6.68. The Morgan fingerprint density at radius 1 is 1.00 bits per heavy atom. The normalized spacial score (nSPS) is 17.5. The summed E-state index contributed by atoms with van der Waals surface area (Å²) in [7, 11) is 0. The third kappa shape index (κ3) is 3.44. The van der Waals surface area contributed by atoms with Crippen LogP contribution in [0.1, 0.15) is 42.9 Å². The number of aromatic nitrogens is 5. The van der Waals surface area contributed by atoms with Crippen LogP contribution in [0.4, 0.5) is 17.5 Å².